The zero-order valence-electron chi connectivity index (χ0n) is 12.3. The van der Waals surface area contributed by atoms with Crippen LogP contribution in [0, 0.1) is 5.41 Å². The number of carbonyl (C=O) groups is 1. The molecule has 1 atom stereocenters. The van der Waals surface area contributed by atoms with Crippen LogP contribution in [0.5, 0.6) is 0 Å². The number of fused-ring (bicyclic) bond motifs is 1. The monoisotopic (exact) mass is 310 g/mol. The van der Waals surface area contributed by atoms with E-state index in [2.05, 4.69) is 18.4 Å². The average Bonchev–Trinajstić information content (AvgIpc) is 2.90. The van der Waals surface area contributed by atoms with E-state index in [1.165, 1.54) is 10.4 Å². The quantitative estimate of drug-likeness (QED) is 0.868. The van der Waals surface area contributed by atoms with Gasteiger partial charge in [-0.3, -0.25) is 4.79 Å². The maximum absolute atomic E-state index is 13.0. The van der Waals surface area contributed by atoms with Crippen molar-refractivity contribution in [3.8, 4) is 0 Å². The number of hydrogen-bond acceptors (Lipinski definition) is 3. The van der Waals surface area contributed by atoms with Crippen molar-refractivity contribution >= 4 is 34.5 Å². The van der Waals surface area contributed by atoms with Gasteiger partial charge in [-0.25, -0.2) is 0 Å². The van der Waals surface area contributed by atoms with Crippen molar-refractivity contribution in [3.05, 3.63) is 21.9 Å². The third-order valence-corrected chi connectivity index (χ3v) is 6.01. The van der Waals surface area contributed by atoms with E-state index in [0.29, 0.717) is 17.8 Å². The molecule has 2 heterocycles. The van der Waals surface area contributed by atoms with E-state index < -0.39 is 5.41 Å². The van der Waals surface area contributed by atoms with Crippen LogP contribution in [-0.4, -0.2) is 22.3 Å². The second kappa shape index (κ2) is 5.82. The second-order valence-corrected chi connectivity index (χ2v) is 6.82. The maximum Gasteiger partial charge on any atom is 0.236 e. The Balaban J connectivity index is 2.32. The van der Waals surface area contributed by atoms with Gasteiger partial charge in [-0.1, -0.05) is 26.1 Å². The van der Waals surface area contributed by atoms with Gasteiger partial charge in [-0.2, -0.15) is 0 Å². The van der Waals surface area contributed by atoms with E-state index in [-0.39, 0.29) is 11.9 Å². The molecule has 0 radical (unpaired) electrons. The smallest absolute Gasteiger partial charge is 0.236 e. The summed E-state index contributed by atoms with van der Waals surface area (Å²) < 4.78 is 0. The van der Waals surface area contributed by atoms with E-state index in [4.69, 9.17) is 18.0 Å². The summed E-state index contributed by atoms with van der Waals surface area (Å²) in [6, 6.07) is 2.24. The first kappa shape index (κ1) is 15.4. The topological polar surface area (TPSA) is 46.3 Å². The van der Waals surface area contributed by atoms with Gasteiger partial charge in [0.25, 0.3) is 0 Å². The Labute approximate surface area is 130 Å². The summed E-state index contributed by atoms with van der Waals surface area (Å²) in [6.45, 7) is 6.84. The molecule has 3 nitrogen and oxygen atoms in total. The SMILES string of the molecule is CCC(CC)(C(=O)N1CCc2sccc2C1C)C(N)=S. The summed E-state index contributed by atoms with van der Waals surface area (Å²) in [5.74, 6) is 0.0966. The molecular weight excluding hydrogens is 288 g/mol. The summed E-state index contributed by atoms with van der Waals surface area (Å²) in [7, 11) is 0. The van der Waals surface area contributed by atoms with Crippen LogP contribution in [0.1, 0.15) is 50.1 Å². The van der Waals surface area contributed by atoms with Gasteiger partial charge < -0.3 is 10.6 Å². The van der Waals surface area contributed by atoms with Gasteiger partial charge >= 0.3 is 0 Å². The lowest BCUT2D eigenvalue weighted by atomic mass is 9.79. The standard InChI is InChI=1S/C15H22N2OS2/c1-4-15(5-2,13(16)19)14(18)17-8-6-12-11(10(17)3)7-9-20-12/h7,9-10H,4-6,8H2,1-3H3,(H2,16,19). The minimum absolute atomic E-state index is 0.0966. The number of nitrogens with zero attached hydrogens (tertiary/aromatic N) is 1. The molecular formula is C15H22N2OS2. The highest BCUT2D eigenvalue weighted by Crippen LogP contribution is 2.38. The van der Waals surface area contributed by atoms with Crippen LogP contribution in [0.3, 0.4) is 0 Å². The van der Waals surface area contributed by atoms with E-state index in [1.54, 1.807) is 11.3 Å². The Morgan fingerprint density at radius 1 is 1.55 bits per heavy atom. The molecule has 0 aromatic carbocycles. The van der Waals surface area contributed by atoms with Crippen molar-refractivity contribution < 1.29 is 4.79 Å². The number of thiophene rings is 1. The van der Waals surface area contributed by atoms with Gasteiger partial charge in [0.05, 0.1) is 16.4 Å². The Kier molecular flexibility index (Phi) is 4.49. The first-order valence-corrected chi connectivity index (χ1v) is 8.44. The fraction of sp³-hybridized carbons (Fsp3) is 0.600. The summed E-state index contributed by atoms with van der Waals surface area (Å²) in [6.07, 6.45) is 2.26. The van der Waals surface area contributed by atoms with Crippen LogP contribution < -0.4 is 5.73 Å². The number of carbonyl (C=O) groups excluding carboxylic acids is 1. The number of hydrogen-bond donors (Lipinski definition) is 1. The third kappa shape index (κ3) is 2.27. The second-order valence-electron chi connectivity index (χ2n) is 5.38. The molecule has 0 bridgehead atoms. The van der Waals surface area contributed by atoms with Crippen molar-refractivity contribution in [3.63, 3.8) is 0 Å². The summed E-state index contributed by atoms with van der Waals surface area (Å²) in [5.41, 5.74) is 6.50. The highest BCUT2D eigenvalue weighted by molar-refractivity contribution is 7.80. The summed E-state index contributed by atoms with van der Waals surface area (Å²) in [4.78, 5) is 16.7. The van der Waals surface area contributed by atoms with E-state index >= 15 is 0 Å². The van der Waals surface area contributed by atoms with E-state index in [0.717, 1.165) is 13.0 Å². The highest BCUT2D eigenvalue weighted by atomic mass is 32.1. The molecule has 1 aromatic rings. The molecule has 0 aliphatic carbocycles. The fourth-order valence-corrected chi connectivity index (χ4v) is 4.41. The van der Waals surface area contributed by atoms with Crippen LogP contribution in [0.2, 0.25) is 0 Å². The Morgan fingerprint density at radius 2 is 2.20 bits per heavy atom. The minimum atomic E-state index is -0.683. The lowest BCUT2D eigenvalue weighted by Gasteiger charge is -2.40. The molecule has 2 rings (SSSR count). The van der Waals surface area contributed by atoms with E-state index in [1.807, 2.05) is 18.7 Å². The van der Waals surface area contributed by atoms with Crippen LogP contribution in [0.4, 0.5) is 0 Å². The summed E-state index contributed by atoms with van der Waals surface area (Å²) in [5, 5.41) is 2.11. The van der Waals surface area contributed by atoms with Gasteiger partial charge in [0.15, 0.2) is 0 Å². The van der Waals surface area contributed by atoms with Gasteiger partial charge in [-0.05, 0) is 43.2 Å². The van der Waals surface area contributed by atoms with Gasteiger partial charge in [0.2, 0.25) is 5.91 Å². The molecule has 1 unspecified atom stereocenters. The van der Waals surface area contributed by atoms with Gasteiger partial charge in [0, 0.05) is 11.4 Å². The maximum atomic E-state index is 13.0. The Bertz CT molecular complexity index is 520. The zero-order chi connectivity index (χ0) is 14.9. The molecule has 0 saturated heterocycles. The molecule has 0 saturated carbocycles. The molecule has 0 fully saturated rings. The number of rotatable bonds is 4. The average molecular weight is 310 g/mol. The molecule has 5 heteroatoms. The molecule has 1 aliphatic rings. The fourth-order valence-electron chi connectivity index (χ4n) is 3.07. The predicted molar refractivity (Wildman–Crippen MR) is 88.0 cm³/mol. The van der Waals surface area contributed by atoms with Crippen LogP contribution in [0.15, 0.2) is 11.4 Å². The minimum Gasteiger partial charge on any atom is -0.392 e. The van der Waals surface area contributed by atoms with Gasteiger partial charge in [-0.15, -0.1) is 11.3 Å². The Hall–Kier alpha value is -0.940. The third-order valence-electron chi connectivity index (χ3n) is 4.63. The van der Waals surface area contributed by atoms with Crippen LogP contribution >= 0.6 is 23.6 Å². The van der Waals surface area contributed by atoms with Crippen molar-refractivity contribution in [1.82, 2.24) is 4.90 Å². The molecule has 2 N–H and O–H groups in total. The molecule has 110 valence electrons. The molecule has 20 heavy (non-hydrogen) atoms. The lowest BCUT2D eigenvalue weighted by molar-refractivity contribution is -0.141. The van der Waals surface area contributed by atoms with Crippen molar-refractivity contribution in [2.75, 3.05) is 6.54 Å². The van der Waals surface area contributed by atoms with Crippen molar-refractivity contribution in [1.29, 1.82) is 0 Å². The first-order valence-electron chi connectivity index (χ1n) is 7.15. The molecule has 1 aliphatic heterocycles. The number of amides is 1. The normalized spacial score (nSPS) is 18.8. The van der Waals surface area contributed by atoms with Crippen molar-refractivity contribution in [2.45, 2.75) is 46.1 Å². The molecule has 0 spiro atoms. The van der Waals surface area contributed by atoms with Crippen LogP contribution in [-0.2, 0) is 11.2 Å². The van der Waals surface area contributed by atoms with Crippen molar-refractivity contribution in [2.24, 2.45) is 11.1 Å². The number of thiocarbonyl (C=S) groups is 1. The summed E-state index contributed by atoms with van der Waals surface area (Å²) >= 11 is 6.98. The van der Waals surface area contributed by atoms with Gasteiger partial charge in [0.1, 0.15) is 0 Å². The zero-order valence-corrected chi connectivity index (χ0v) is 13.9. The number of nitrogens with two attached hydrogens (primary N) is 1. The Morgan fingerprint density at radius 3 is 2.75 bits per heavy atom. The highest BCUT2D eigenvalue weighted by Gasteiger charge is 2.43. The van der Waals surface area contributed by atoms with Crippen LogP contribution in [0.25, 0.3) is 0 Å². The van der Waals surface area contributed by atoms with E-state index in [9.17, 15) is 4.79 Å². The first-order chi connectivity index (χ1) is 9.47. The lowest BCUT2D eigenvalue weighted by Crippen LogP contribution is -2.52. The molecule has 1 amide bonds. The largest absolute Gasteiger partial charge is 0.392 e. The predicted octanol–water partition coefficient (Wildman–Crippen LogP) is 3.29. The molecule has 1 aromatic heterocycles.